The fourth-order valence-corrected chi connectivity index (χ4v) is 3.09. The van der Waals surface area contributed by atoms with Gasteiger partial charge in [0.25, 0.3) is 0 Å². The number of aliphatic hydroxyl groups is 1. The molecule has 4 nitrogen and oxygen atoms in total. The number of carbonyl (C=O) groups is 1. The summed E-state index contributed by atoms with van der Waals surface area (Å²) in [6, 6.07) is 0.429. The van der Waals surface area contributed by atoms with Gasteiger partial charge in [-0.3, -0.25) is 4.79 Å². The largest absolute Gasteiger partial charge is 0.396 e. The fourth-order valence-electron chi connectivity index (χ4n) is 3.09. The van der Waals surface area contributed by atoms with Gasteiger partial charge in [-0.05, 0) is 44.7 Å². The first kappa shape index (κ1) is 12.8. The van der Waals surface area contributed by atoms with E-state index in [-0.39, 0.29) is 5.91 Å². The van der Waals surface area contributed by atoms with Crippen molar-refractivity contribution in [3.8, 4) is 0 Å². The van der Waals surface area contributed by atoms with E-state index in [0.717, 1.165) is 51.9 Å². The van der Waals surface area contributed by atoms with Crippen molar-refractivity contribution in [2.24, 2.45) is 5.92 Å². The van der Waals surface area contributed by atoms with Crippen molar-refractivity contribution in [3.63, 3.8) is 0 Å². The summed E-state index contributed by atoms with van der Waals surface area (Å²) in [7, 11) is 0. The van der Waals surface area contributed by atoms with Crippen LogP contribution in [0.15, 0.2) is 0 Å². The third-order valence-corrected chi connectivity index (χ3v) is 4.22. The maximum absolute atomic E-state index is 11.5. The highest BCUT2D eigenvalue weighted by Crippen LogP contribution is 2.21. The Labute approximate surface area is 104 Å². The molecule has 0 aliphatic carbocycles. The van der Waals surface area contributed by atoms with E-state index < -0.39 is 0 Å². The molecule has 0 aromatic carbocycles. The van der Waals surface area contributed by atoms with Gasteiger partial charge in [0.15, 0.2) is 0 Å². The first-order chi connectivity index (χ1) is 8.20. The molecule has 0 bridgehead atoms. The first-order valence-electron chi connectivity index (χ1n) is 6.81. The molecular formula is C13H24N2O2. The lowest BCUT2D eigenvalue weighted by Crippen LogP contribution is -2.45. The van der Waals surface area contributed by atoms with Crippen LogP contribution >= 0.6 is 0 Å². The predicted octanol–water partition coefficient (Wildman–Crippen LogP) is 0.702. The van der Waals surface area contributed by atoms with Crippen LogP contribution in [0.25, 0.3) is 0 Å². The predicted molar refractivity (Wildman–Crippen MR) is 66.7 cm³/mol. The van der Waals surface area contributed by atoms with Crippen molar-refractivity contribution >= 4 is 5.91 Å². The molecule has 0 radical (unpaired) electrons. The number of carbonyl (C=O) groups excluding carboxylic acids is 1. The van der Waals surface area contributed by atoms with Gasteiger partial charge in [0.2, 0.25) is 5.91 Å². The molecule has 0 saturated carbocycles. The summed E-state index contributed by atoms with van der Waals surface area (Å²) in [5, 5.41) is 9.10. The van der Waals surface area contributed by atoms with Gasteiger partial charge < -0.3 is 14.9 Å². The fraction of sp³-hybridized carbons (Fsp3) is 0.923. The molecule has 2 rings (SSSR count). The monoisotopic (exact) mass is 240 g/mol. The number of hydrogen-bond acceptors (Lipinski definition) is 3. The second-order valence-electron chi connectivity index (χ2n) is 5.44. The zero-order valence-electron chi connectivity index (χ0n) is 10.8. The lowest BCUT2D eigenvalue weighted by molar-refractivity contribution is -0.130. The van der Waals surface area contributed by atoms with Crippen molar-refractivity contribution in [2.45, 2.75) is 38.6 Å². The molecule has 2 saturated heterocycles. The van der Waals surface area contributed by atoms with Crippen molar-refractivity contribution in [2.75, 3.05) is 32.8 Å². The number of rotatable bonds is 3. The zero-order chi connectivity index (χ0) is 12.3. The van der Waals surface area contributed by atoms with Gasteiger partial charge in [-0.2, -0.15) is 0 Å². The third-order valence-electron chi connectivity index (χ3n) is 4.22. The highest BCUT2D eigenvalue weighted by molar-refractivity contribution is 5.73. The maximum Gasteiger partial charge on any atom is 0.219 e. The third kappa shape index (κ3) is 3.19. The van der Waals surface area contributed by atoms with Gasteiger partial charge in [-0.1, -0.05) is 0 Å². The van der Waals surface area contributed by atoms with E-state index in [1.807, 2.05) is 4.90 Å². The van der Waals surface area contributed by atoms with Crippen LogP contribution in [0.3, 0.4) is 0 Å². The summed E-state index contributed by atoms with van der Waals surface area (Å²) in [6.45, 7) is 6.12. The molecule has 0 aromatic heterocycles. The van der Waals surface area contributed by atoms with Crippen LogP contribution in [0.5, 0.6) is 0 Å². The molecule has 98 valence electrons. The van der Waals surface area contributed by atoms with Gasteiger partial charge >= 0.3 is 0 Å². The molecular weight excluding hydrogens is 216 g/mol. The number of likely N-dealkylation sites (tertiary alicyclic amines) is 2. The van der Waals surface area contributed by atoms with E-state index in [0.29, 0.717) is 18.6 Å². The minimum Gasteiger partial charge on any atom is -0.396 e. The van der Waals surface area contributed by atoms with E-state index in [2.05, 4.69) is 4.90 Å². The molecule has 0 spiro atoms. The lowest BCUT2D eigenvalue weighted by atomic mass is 9.97. The molecule has 0 aromatic rings. The average molecular weight is 240 g/mol. The molecule has 1 atom stereocenters. The minimum absolute atomic E-state index is 0.220. The lowest BCUT2D eigenvalue weighted by Gasteiger charge is -2.35. The molecule has 2 heterocycles. The topological polar surface area (TPSA) is 43.8 Å². The van der Waals surface area contributed by atoms with E-state index in [1.54, 1.807) is 6.92 Å². The molecule has 2 fully saturated rings. The van der Waals surface area contributed by atoms with E-state index in [4.69, 9.17) is 5.11 Å². The SMILES string of the molecule is CC(=O)N1CCC[C@H]1CN1CCC(CO)CC1. The van der Waals surface area contributed by atoms with Crippen LogP contribution in [-0.4, -0.2) is 59.6 Å². The number of hydrogen-bond donors (Lipinski definition) is 1. The summed E-state index contributed by atoms with van der Waals surface area (Å²) >= 11 is 0. The molecule has 1 N–H and O–H groups in total. The highest BCUT2D eigenvalue weighted by Gasteiger charge is 2.29. The van der Waals surface area contributed by atoms with Crippen molar-refractivity contribution < 1.29 is 9.90 Å². The van der Waals surface area contributed by atoms with Crippen LogP contribution in [0.4, 0.5) is 0 Å². The van der Waals surface area contributed by atoms with Crippen LogP contribution in [0.2, 0.25) is 0 Å². The number of aliphatic hydroxyl groups excluding tert-OH is 1. The van der Waals surface area contributed by atoms with Crippen LogP contribution in [0, 0.1) is 5.92 Å². The maximum atomic E-state index is 11.5. The van der Waals surface area contributed by atoms with E-state index in [1.165, 1.54) is 0 Å². The smallest absolute Gasteiger partial charge is 0.219 e. The number of nitrogens with zero attached hydrogens (tertiary/aromatic N) is 2. The first-order valence-corrected chi connectivity index (χ1v) is 6.81. The summed E-state index contributed by atoms with van der Waals surface area (Å²) in [5.41, 5.74) is 0. The van der Waals surface area contributed by atoms with Crippen LogP contribution in [0.1, 0.15) is 32.6 Å². The average Bonchev–Trinajstić information content (AvgIpc) is 2.78. The standard InChI is InChI=1S/C13H24N2O2/c1-11(17)15-6-2-3-13(15)9-14-7-4-12(10-16)5-8-14/h12-13,16H,2-10H2,1H3/t13-/m0/s1. The molecule has 1 amide bonds. The Morgan fingerprint density at radius 1 is 1.24 bits per heavy atom. The Balaban J connectivity index is 1.79. The summed E-state index contributed by atoms with van der Waals surface area (Å²) in [4.78, 5) is 16.0. The van der Waals surface area contributed by atoms with Crippen molar-refractivity contribution in [1.82, 2.24) is 9.80 Å². The quantitative estimate of drug-likeness (QED) is 0.790. The molecule has 0 unspecified atom stereocenters. The zero-order valence-corrected chi connectivity index (χ0v) is 10.8. The van der Waals surface area contributed by atoms with E-state index >= 15 is 0 Å². The van der Waals surface area contributed by atoms with Gasteiger partial charge in [0, 0.05) is 32.7 Å². The van der Waals surface area contributed by atoms with Gasteiger partial charge in [0.1, 0.15) is 0 Å². The summed E-state index contributed by atoms with van der Waals surface area (Å²) in [5.74, 6) is 0.719. The summed E-state index contributed by atoms with van der Waals surface area (Å²) in [6.07, 6.45) is 4.50. The second kappa shape index (κ2) is 5.83. The Hall–Kier alpha value is -0.610. The minimum atomic E-state index is 0.220. The van der Waals surface area contributed by atoms with Gasteiger partial charge in [-0.15, -0.1) is 0 Å². The van der Waals surface area contributed by atoms with Crippen molar-refractivity contribution in [3.05, 3.63) is 0 Å². The van der Waals surface area contributed by atoms with Gasteiger partial charge in [-0.25, -0.2) is 0 Å². The van der Waals surface area contributed by atoms with Crippen molar-refractivity contribution in [1.29, 1.82) is 0 Å². The molecule has 4 heteroatoms. The normalized spacial score (nSPS) is 27.6. The van der Waals surface area contributed by atoms with Crippen LogP contribution < -0.4 is 0 Å². The molecule has 2 aliphatic rings. The number of amides is 1. The molecule has 2 aliphatic heterocycles. The second-order valence-corrected chi connectivity index (χ2v) is 5.44. The Morgan fingerprint density at radius 2 is 1.94 bits per heavy atom. The Morgan fingerprint density at radius 3 is 2.53 bits per heavy atom. The number of piperidine rings is 1. The van der Waals surface area contributed by atoms with Crippen LogP contribution in [-0.2, 0) is 4.79 Å². The molecule has 17 heavy (non-hydrogen) atoms. The Kier molecular flexibility index (Phi) is 4.40. The summed E-state index contributed by atoms with van der Waals surface area (Å²) < 4.78 is 0. The highest BCUT2D eigenvalue weighted by atomic mass is 16.3. The Bertz CT molecular complexity index is 262. The van der Waals surface area contributed by atoms with Gasteiger partial charge in [0.05, 0.1) is 0 Å². The van der Waals surface area contributed by atoms with E-state index in [9.17, 15) is 4.79 Å².